The zero-order chi connectivity index (χ0) is 9.68. The van der Waals surface area contributed by atoms with E-state index < -0.39 is 0 Å². The number of nitrogens with zero attached hydrogens (tertiary/aromatic N) is 1. The van der Waals surface area contributed by atoms with E-state index in [2.05, 4.69) is 10.5 Å². The largest absolute Gasteiger partial charge is 0.390 e. The summed E-state index contributed by atoms with van der Waals surface area (Å²) in [4.78, 5) is 9.29. The van der Waals surface area contributed by atoms with Crippen LogP contribution in [0.3, 0.4) is 0 Å². The van der Waals surface area contributed by atoms with Crippen molar-refractivity contribution in [2.75, 3.05) is 0 Å². The van der Waals surface area contributed by atoms with E-state index in [4.69, 9.17) is 9.94 Å². The van der Waals surface area contributed by atoms with Crippen molar-refractivity contribution in [1.29, 1.82) is 0 Å². The van der Waals surface area contributed by atoms with Crippen LogP contribution in [0.1, 0.15) is 24.5 Å². The van der Waals surface area contributed by atoms with Crippen LogP contribution in [0.15, 0.2) is 5.38 Å². The molecule has 1 aromatic heterocycles. The van der Waals surface area contributed by atoms with Gasteiger partial charge in [0.15, 0.2) is 0 Å². The van der Waals surface area contributed by atoms with Gasteiger partial charge in [-0.1, -0.05) is 0 Å². The summed E-state index contributed by atoms with van der Waals surface area (Å²) in [5.41, 5.74) is 3.52. The van der Waals surface area contributed by atoms with Crippen LogP contribution in [0.5, 0.6) is 0 Å². The van der Waals surface area contributed by atoms with Crippen molar-refractivity contribution >= 4 is 11.3 Å². The van der Waals surface area contributed by atoms with Crippen molar-refractivity contribution in [2.24, 2.45) is 0 Å². The number of nitrogens with one attached hydrogen (secondary N) is 1. The lowest BCUT2D eigenvalue weighted by Gasteiger charge is -2.06. The van der Waals surface area contributed by atoms with Gasteiger partial charge in [0.2, 0.25) is 0 Å². The minimum absolute atomic E-state index is 0.00153. The van der Waals surface area contributed by atoms with Gasteiger partial charge in [0.25, 0.3) is 0 Å². The van der Waals surface area contributed by atoms with Crippen molar-refractivity contribution in [3.05, 3.63) is 16.1 Å². The first-order valence-electron chi connectivity index (χ1n) is 4.15. The van der Waals surface area contributed by atoms with Crippen LogP contribution in [0.25, 0.3) is 0 Å². The minimum Gasteiger partial charge on any atom is -0.390 e. The van der Waals surface area contributed by atoms with Crippen molar-refractivity contribution in [2.45, 2.75) is 33.1 Å². The molecular formula is C8H14N2O2S. The molecule has 0 aliphatic rings. The normalized spacial score (nSPS) is 11.1. The average Bonchev–Trinajstić information content (AvgIpc) is 2.52. The molecule has 0 fully saturated rings. The highest BCUT2D eigenvalue weighted by Crippen LogP contribution is 2.09. The fraction of sp³-hybridized carbons (Fsp3) is 0.625. The van der Waals surface area contributed by atoms with Gasteiger partial charge in [-0.15, -0.1) is 11.3 Å². The Morgan fingerprint density at radius 3 is 3.00 bits per heavy atom. The van der Waals surface area contributed by atoms with Gasteiger partial charge in [-0.05, 0) is 13.8 Å². The summed E-state index contributed by atoms with van der Waals surface area (Å²) in [5.74, 6) is 0. The van der Waals surface area contributed by atoms with Gasteiger partial charge in [-0.3, -0.25) is 4.84 Å². The van der Waals surface area contributed by atoms with Gasteiger partial charge in [0.05, 0.1) is 24.9 Å². The molecule has 5 heteroatoms. The molecule has 0 unspecified atom stereocenters. The molecule has 0 radical (unpaired) electrons. The Bertz CT molecular complexity index is 250. The maximum absolute atomic E-state index is 8.76. The summed E-state index contributed by atoms with van der Waals surface area (Å²) in [6, 6.07) is 0. The van der Waals surface area contributed by atoms with Gasteiger partial charge in [-0.25, -0.2) is 4.98 Å². The van der Waals surface area contributed by atoms with Crippen LogP contribution in [-0.4, -0.2) is 16.2 Å². The SMILES string of the molecule is CC(C)ONCc1nc(CO)cs1. The number of aliphatic hydroxyl groups excluding tert-OH is 1. The van der Waals surface area contributed by atoms with Gasteiger partial charge in [-0.2, -0.15) is 5.48 Å². The van der Waals surface area contributed by atoms with Crippen molar-refractivity contribution in [3.8, 4) is 0 Å². The molecule has 0 saturated heterocycles. The highest BCUT2D eigenvalue weighted by molar-refractivity contribution is 7.09. The molecule has 0 aliphatic heterocycles. The molecule has 1 aromatic rings. The molecule has 4 nitrogen and oxygen atoms in total. The summed E-state index contributed by atoms with van der Waals surface area (Å²) < 4.78 is 0. The highest BCUT2D eigenvalue weighted by atomic mass is 32.1. The molecule has 13 heavy (non-hydrogen) atoms. The summed E-state index contributed by atoms with van der Waals surface area (Å²) in [7, 11) is 0. The Morgan fingerprint density at radius 1 is 1.69 bits per heavy atom. The van der Waals surface area contributed by atoms with Crippen LogP contribution >= 0.6 is 11.3 Å². The van der Waals surface area contributed by atoms with Crippen LogP contribution < -0.4 is 5.48 Å². The molecule has 0 atom stereocenters. The topological polar surface area (TPSA) is 54.4 Å². The lowest BCUT2D eigenvalue weighted by atomic mass is 10.5. The summed E-state index contributed by atoms with van der Waals surface area (Å²) in [6.07, 6.45) is 0.164. The van der Waals surface area contributed by atoms with Gasteiger partial charge >= 0.3 is 0 Å². The Kier molecular flexibility index (Phi) is 4.31. The zero-order valence-electron chi connectivity index (χ0n) is 7.78. The Labute approximate surface area is 81.5 Å². The lowest BCUT2D eigenvalue weighted by Crippen LogP contribution is -2.18. The third-order valence-electron chi connectivity index (χ3n) is 1.30. The third kappa shape index (κ3) is 3.82. The predicted molar refractivity (Wildman–Crippen MR) is 51.1 cm³/mol. The summed E-state index contributed by atoms with van der Waals surface area (Å²) in [6.45, 7) is 4.49. The number of hydroxylamine groups is 1. The van der Waals surface area contributed by atoms with E-state index in [1.807, 2.05) is 19.2 Å². The van der Waals surface area contributed by atoms with E-state index >= 15 is 0 Å². The molecule has 0 spiro atoms. The molecule has 0 amide bonds. The van der Waals surface area contributed by atoms with E-state index in [-0.39, 0.29) is 12.7 Å². The molecule has 0 bridgehead atoms. The summed E-state index contributed by atoms with van der Waals surface area (Å²) >= 11 is 1.51. The van der Waals surface area contributed by atoms with E-state index in [9.17, 15) is 0 Å². The van der Waals surface area contributed by atoms with E-state index in [1.54, 1.807) is 0 Å². The predicted octanol–water partition coefficient (Wildman–Crippen LogP) is 1.06. The Morgan fingerprint density at radius 2 is 2.46 bits per heavy atom. The standard InChI is InChI=1S/C8H14N2O2S/c1-6(2)12-9-3-8-10-7(4-11)5-13-8/h5-6,9,11H,3-4H2,1-2H3. The Hall–Kier alpha value is -0.490. The maximum atomic E-state index is 8.76. The molecule has 0 aromatic carbocycles. The van der Waals surface area contributed by atoms with E-state index in [0.717, 1.165) is 5.01 Å². The molecule has 1 heterocycles. The molecule has 0 aliphatic carbocycles. The minimum atomic E-state index is 0.00153. The number of aliphatic hydroxyl groups is 1. The van der Waals surface area contributed by atoms with Crippen molar-refractivity contribution in [3.63, 3.8) is 0 Å². The average molecular weight is 202 g/mol. The smallest absolute Gasteiger partial charge is 0.109 e. The van der Waals surface area contributed by atoms with E-state index in [1.165, 1.54) is 11.3 Å². The van der Waals surface area contributed by atoms with Crippen molar-refractivity contribution < 1.29 is 9.94 Å². The number of thiazole rings is 1. The van der Waals surface area contributed by atoms with E-state index in [0.29, 0.717) is 12.2 Å². The van der Waals surface area contributed by atoms with Crippen molar-refractivity contribution in [1.82, 2.24) is 10.5 Å². The second kappa shape index (κ2) is 5.29. The second-order valence-corrected chi connectivity index (χ2v) is 3.82. The number of rotatable bonds is 5. The third-order valence-corrected chi connectivity index (χ3v) is 2.20. The highest BCUT2D eigenvalue weighted by Gasteiger charge is 2.00. The van der Waals surface area contributed by atoms with Crippen LogP contribution in [0.2, 0.25) is 0 Å². The van der Waals surface area contributed by atoms with Crippen LogP contribution in [0.4, 0.5) is 0 Å². The fourth-order valence-electron chi connectivity index (χ4n) is 0.773. The first kappa shape index (κ1) is 10.6. The lowest BCUT2D eigenvalue weighted by molar-refractivity contribution is -0.00888. The second-order valence-electron chi connectivity index (χ2n) is 2.88. The Balaban J connectivity index is 2.28. The number of aromatic nitrogens is 1. The molecule has 2 N–H and O–H groups in total. The van der Waals surface area contributed by atoms with Gasteiger partial charge in [0, 0.05) is 5.38 Å². The number of hydrogen-bond acceptors (Lipinski definition) is 5. The quantitative estimate of drug-likeness (QED) is 0.701. The molecule has 1 rings (SSSR count). The zero-order valence-corrected chi connectivity index (χ0v) is 8.60. The molecule has 74 valence electrons. The number of hydrogen-bond donors (Lipinski definition) is 2. The maximum Gasteiger partial charge on any atom is 0.109 e. The van der Waals surface area contributed by atoms with Crippen LogP contribution in [-0.2, 0) is 18.0 Å². The first-order valence-corrected chi connectivity index (χ1v) is 5.03. The first-order chi connectivity index (χ1) is 6.22. The van der Waals surface area contributed by atoms with Gasteiger partial charge < -0.3 is 5.11 Å². The summed E-state index contributed by atoms with van der Waals surface area (Å²) in [5, 5.41) is 11.5. The molecular weight excluding hydrogens is 188 g/mol. The monoisotopic (exact) mass is 202 g/mol. The van der Waals surface area contributed by atoms with Gasteiger partial charge in [0.1, 0.15) is 5.01 Å². The fourth-order valence-corrected chi connectivity index (χ4v) is 1.48. The van der Waals surface area contributed by atoms with Crippen LogP contribution in [0, 0.1) is 0 Å². The molecule has 0 saturated carbocycles.